The van der Waals surface area contributed by atoms with Gasteiger partial charge in [0.1, 0.15) is 5.82 Å². The van der Waals surface area contributed by atoms with Crippen LogP contribution in [0.25, 0.3) is 0 Å². The molecule has 2 rings (SSSR count). The number of likely N-dealkylation sites (N-methyl/N-ethyl adjacent to an activating group) is 1. The number of amides is 2. The van der Waals surface area contributed by atoms with Gasteiger partial charge in [0.05, 0.1) is 12.0 Å². The molecule has 2 amide bonds. The number of hydrogen-bond donors (Lipinski definition) is 2. The standard InChI is InChI=1S/C18H26FN3O2.ClH/c1-2-22(17(24)18(13-20)9-3-4-10-18)12-16(23)21-11-14-5-7-15(19)8-6-14;/h5-8H,2-4,9-13,20H2,1H3,(H,21,23);1H. The molecule has 1 aromatic rings. The van der Waals surface area contributed by atoms with Gasteiger partial charge in [0, 0.05) is 19.6 Å². The van der Waals surface area contributed by atoms with Crippen LogP contribution in [0.1, 0.15) is 38.2 Å². The van der Waals surface area contributed by atoms with Gasteiger partial charge in [0.2, 0.25) is 11.8 Å². The van der Waals surface area contributed by atoms with E-state index in [9.17, 15) is 14.0 Å². The zero-order chi connectivity index (χ0) is 17.6. The van der Waals surface area contributed by atoms with E-state index in [1.807, 2.05) is 6.92 Å². The zero-order valence-electron chi connectivity index (χ0n) is 14.6. The fraction of sp³-hybridized carbons (Fsp3) is 0.556. The Morgan fingerprint density at radius 1 is 1.24 bits per heavy atom. The molecule has 3 N–H and O–H groups in total. The third-order valence-corrected chi connectivity index (χ3v) is 4.81. The van der Waals surface area contributed by atoms with Gasteiger partial charge in [-0.1, -0.05) is 25.0 Å². The Labute approximate surface area is 154 Å². The topological polar surface area (TPSA) is 75.4 Å². The van der Waals surface area contributed by atoms with E-state index in [0.29, 0.717) is 19.6 Å². The van der Waals surface area contributed by atoms with Crippen LogP contribution in [-0.2, 0) is 16.1 Å². The van der Waals surface area contributed by atoms with Crippen molar-refractivity contribution in [1.82, 2.24) is 10.2 Å². The maximum atomic E-state index is 12.9. The maximum Gasteiger partial charge on any atom is 0.239 e. The highest BCUT2D eigenvalue weighted by Gasteiger charge is 2.42. The molecule has 7 heteroatoms. The van der Waals surface area contributed by atoms with E-state index in [0.717, 1.165) is 31.2 Å². The number of carbonyl (C=O) groups excluding carboxylic acids is 2. The van der Waals surface area contributed by atoms with Gasteiger partial charge < -0.3 is 16.0 Å². The van der Waals surface area contributed by atoms with Crippen LogP contribution in [0.3, 0.4) is 0 Å². The number of halogens is 2. The highest BCUT2D eigenvalue weighted by atomic mass is 35.5. The maximum absolute atomic E-state index is 12.9. The number of hydrogen-bond acceptors (Lipinski definition) is 3. The first-order valence-electron chi connectivity index (χ1n) is 8.51. The summed E-state index contributed by atoms with van der Waals surface area (Å²) >= 11 is 0. The molecule has 0 spiro atoms. The Hall–Kier alpha value is -1.66. The Balaban J connectivity index is 0.00000312. The van der Waals surface area contributed by atoms with Crippen molar-refractivity contribution in [2.45, 2.75) is 39.2 Å². The van der Waals surface area contributed by atoms with Gasteiger partial charge in [0.15, 0.2) is 0 Å². The Morgan fingerprint density at radius 3 is 2.36 bits per heavy atom. The summed E-state index contributed by atoms with van der Waals surface area (Å²) in [5, 5.41) is 2.77. The molecule has 5 nitrogen and oxygen atoms in total. The van der Waals surface area contributed by atoms with Crippen molar-refractivity contribution in [3.05, 3.63) is 35.6 Å². The Bertz CT molecular complexity index is 574. The molecule has 1 fully saturated rings. The normalized spacial score (nSPS) is 15.3. The minimum Gasteiger partial charge on any atom is -0.350 e. The van der Waals surface area contributed by atoms with Crippen LogP contribution in [-0.4, -0.2) is 36.3 Å². The average molecular weight is 372 g/mol. The molecular weight excluding hydrogens is 345 g/mol. The van der Waals surface area contributed by atoms with Crippen molar-refractivity contribution in [1.29, 1.82) is 0 Å². The summed E-state index contributed by atoms with van der Waals surface area (Å²) in [4.78, 5) is 26.5. The van der Waals surface area contributed by atoms with Crippen LogP contribution in [0.2, 0.25) is 0 Å². The molecule has 1 aliphatic rings. The molecule has 0 saturated heterocycles. The van der Waals surface area contributed by atoms with E-state index in [1.165, 1.54) is 12.1 Å². The largest absolute Gasteiger partial charge is 0.350 e. The van der Waals surface area contributed by atoms with Crippen molar-refractivity contribution in [3.63, 3.8) is 0 Å². The molecule has 0 unspecified atom stereocenters. The van der Waals surface area contributed by atoms with E-state index in [4.69, 9.17) is 5.73 Å². The molecular formula is C18H27ClFN3O2. The minimum absolute atomic E-state index is 0. The molecule has 0 heterocycles. The average Bonchev–Trinajstić information content (AvgIpc) is 3.09. The third-order valence-electron chi connectivity index (χ3n) is 4.81. The summed E-state index contributed by atoms with van der Waals surface area (Å²) in [6, 6.07) is 5.96. The summed E-state index contributed by atoms with van der Waals surface area (Å²) in [5.41, 5.74) is 6.18. The Kier molecular flexibility index (Phi) is 8.32. The number of rotatable bonds is 7. The molecule has 25 heavy (non-hydrogen) atoms. The highest BCUT2D eigenvalue weighted by molar-refractivity contribution is 5.88. The lowest BCUT2D eigenvalue weighted by Crippen LogP contribution is -2.49. The van der Waals surface area contributed by atoms with Crippen LogP contribution in [0.15, 0.2) is 24.3 Å². The summed E-state index contributed by atoms with van der Waals surface area (Å²) in [6.07, 6.45) is 3.63. The lowest BCUT2D eigenvalue weighted by atomic mass is 9.84. The monoisotopic (exact) mass is 371 g/mol. The van der Waals surface area contributed by atoms with Crippen LogP contribution < -0.4 is 11.1 Å². The lowest BCUT2D eigenvalue weighted by Gasteiger charge is -2.32. The smallest absolute Gasteiger partial charge is 0.239 e. The van der Waals surface area contributed by atoms with E-state index >= 15 is 0 Å². The second-order valence-corrected chi connectivity index (χ2v) is 6.41. The van der Waals surface area contributed by atoms with Gasteiger partial charge >= 0.3 is 0 Å². The number of nitrogens with one attached hydrogen (secondary N) is 1. The van der Waals surface area contributed by atoms with Gasteiger partial charge in [-0.05, 0) is 37.5 Å². The fourth-order valence-electron chi connectivity index (χ4n) is 3.25. The van der Waals surface area contributed by atoms with E-state index in [-0.39, 0.29) is 36.6 Å². The van der Waals surface area contributed by atoms with Crippen LogP contribution in [0.4, 0.5) is 4.39 Å². The van der Waals surface area contributed by atoms with Crippen molar-refractivity contribution >= 4 is 24.2 Å². The molecule has 140 valence electrons. The van der Waals surface area contributed by atoms with E-state index in [1.54, 1.807) is 17.0 Å². The molecule has 1 aromatic carbocycles. The Morgan fingerprint density at radius 2 is 1.84 bits per heavy atom. The molecule has 1 aliphatic carbocycles. The first kappa shape index (κ1) is 21.4. The summed E-state index contributed by atoms with van der Waals surface area (Å²) < 4.78 is 12.9. The van der Waals surface area contributed by atoms with Gasteiger partial charge in [-0.3, -0.25) is 9.59 Å². The third kappa shape index (κ3) is 5.41. The first-order valence-corrected chi connectivity index (χ1v) is 8.51. The SMILES string of the molecule is CCN(CC(=O)NCc1ccc(F)cc1)C(=O)C1(CN)CCCC1.Cl. The lowest BCUT2D eigenvalue weighted by molar-refractivity contribution is -0.144. The summed E-state index contributed by atoms with van der Waals surface area (Å²) in [6.45, 7) is 3.01. The van der Waals surface area contributed by atoms with E-state index in [2.05, 4.69) is 5.32 Å². The zero-order valence-corrected chi connectivity index (χ0v) is 15.4. The fourth-order valence-corrected chi connectivity index (χ4v) is 3.25. The number of nitrogens with zero attached hydrogens (tertiary/aromatic N) is 1. The molecule has 0 radical (unpaired) electrons. The van der Waals surface area contributed by atoms with E-state index < -0.39 is 5.41 Å². The van der Waals surface area contributed by atoms with Crippen molar-refractivity contribution in [2.75, 3.05) is 19.6 Å². The molecule has 1 saturated carbocycles. The van der Waals surface area contributed by atoms with Crippen molar-refractivity contribution in [3.8, 4) is 0 Å². The predicted molar refractivity (Wildman–Crippen MR) is 97.7 cm³/mol. The number of benzene rings is 1. The summed E-state index contributed by atoms with van der Waals surface area (Å²) in [5.74, 6) is -0.543. The van der Waals surface area contributed by atoms with Gasteiger partial charge in [-0.25, -0.2) is 4.39 Å². The minimum atomic E-state index is -0.493. The summed E-state index contributed by atoms with van der Waals surface area (Å²) in [7, 11) is 0. The number of nitrogens with two attached hydrogens (primary N) is 1. The van der Waals surface area contributed by atoms with Crippen LogP contribution in [0, 0.1) is 11.2 Å². The molecule has 0 aliphatic heterocycles. The van der Waals surface area contributed by atoms with Gasteiger partial charge in [-0.15, -0.1) is 12.4 Å². The number of carbonyl (C=O) groups is 2. The highest BCUT2D eigenvalue weighted by Crippen LogP contribution is 2.38. The van der Waals surface area contributed by atoms with Gasteiger partial charge in [0.25, 0.3) is 0 Å². The van der Waals surface area contributed by atoms with Crippen LogP contribution >= 0.6 is 12.4 Å². The first-order chi connectivity index (χ1) is 11.5. The van der Waals surface area contributed by atoms with Crippen LogP contribution in [0.5, 0.6) is 0 Å². The molecule has 0 bridgehead atoms. The molecule has 0 atom stereocenters. The quantitative estimate of drug-likeness (QED) is 0.771. The van der Waals surface area contributed by atoms with Crippen molar-refractivity contribution < 1.29 is 14.0 Å². The van der Waals surface area contributed by atoms with Gasteiger partial charge in [-0.2, -0.15) is 0 Å². The predicted octanol–water partition coefficient (Wildman–Crippen LogP) is 2.23. The second kappa shape index (κ2) is 9.73. The second-order valence-electron chi connectivity index (χ2n) is 6.41. The van der Waals surface area contributed by atoms with Crippen molar-refractivity contribution in [2.24, 2.45) is 11.1 Å². The molecule has 0 aromatic heterocycles.